The second-order valence-electron chi connectivity index (χ2n) is 4.84. The second-order valence-corrected chi connectivity index (χ2v) is 4.84. The van der Waals surface area contributed by atoms with Gasteiger partial charge in [-0.15, -0.1) is 0 Å². The number of aliphatic hydroxyl groups is 3. The lowest BCUT2D eigenvalue weighted by molar-refractivity contribution is -0.160. The van der Waals surface area contributed by atoms with Gasteiger partial charge in [0.1, 0.15) is 0 Å². The predicted molar refractivity (Wildman–Crippen MR) is 50.3 cm³/mol. The van der Waals surface area contributed by atoms with Crippen molar-refractivity contribution in [1.29, 1.82) is 0 Å². The average Bonchev–Trinajstić information content (AvgIpc) is 1.98. The molecule has 0 aromatic carbocycles. The Bertz CT molecular complexity index is 189. The van der Waals surface area contributed by atoms with Crippen molar-refractivity contribution >= 4 is 0 Å². The van der Waals surface area contributed by atoms with E-state index in [0.29, 0.717) is 12.8 Å². The molecule has 13 heavy (non-hydrogen) atoms. The molecule has 1 rings (SSSR count). The van der Waals surface area contributed by atoms with Crippen LogP contribution in [0, 0.1) is 5.92 Å². The van der Waals surface area contributed by atoms with Crippen LogP contribution in [0.2, 0.25) is 0 Å². The molecule has 1 aliphatic rings. The molecule has 0 aliphatic heterocycles. The lowest BCUT2D eigenvalue weighted by atomic mass is 9.70. The van der Waals surface area contributed by atoms with Crippen LogP contribution >= 0.6 is 0 Å². The molecule has 0 saturated heterocycles. The highest BCUT2D eigenvalue weighted by molar-refractivity contribution is 4.98. The van der Waals surface area contributed by atoms with Crippen LogP contribution in [-0.4, -0.2) is 32.6 Å². The zero-order valence-electron chi connectivity index (χ0n) is 8.62. The minimum atomic E-state index is -1.03. The SMILES string of the molecule is CC(C)C1(O)CCC(C)(O)C(O)C1. The molecule has 1 fully saturated rings. The van der Waals surface area contributed by atoms with E-state index in [0.717, 1.165) is 0 Å². The monoisotopic (exact) mass is 188 g/mol. The van der Waals surface area contributed by atoms with E-state index >= 15 is 0 Å². The summed E-state index contributed by atoms with van der Waals surface area (Å²) in [7, 11) is 0. The van der Waals surface area contributed by atoms with Gasteiger partial charge in [-0.3, -0.25) is 0 Å². The molecule has 0 spiro atoms. The fourth-order valence-electron chi connectivity index (χ4n) is 1.82. The van der Waals surface area contributed by atoms with Gasteiger partial charge in [0, 0.05) is 6.42 Å². The Morgan fingerprint density at radius 3 is 2.15 bits per heavy atom. The molecule has 3 unspecified atom stereocenters. The van der Waals surface area contributed by atoms with Crippen LogP contribution in [0.5, 0.6) is 0 Å². The lowest BCUT2D eigenvalue weighted by Crippen LogP contribution is -2.53. The van der Waals surface area contributed by atoms with Gasteiger partial charge in [-0.2, -0.15) is 0 Å². The topological polar surface area (TPSA) is 60.7 Å². The zero-order valence-corrected chi connectivity index (χ0v) is 8.62. The first-order valence-corrected chi connectivity index (χ1v) is 4.91. The molecule has 0 aromatic rings. The summed E-state index contributed by atoms with van der Waals surface area (Å²) in [4.78, 5) is 0. The molecule has 1 saturated carbocycles. The minimum Gasteiger partial charge on any atom is -0.390 e. The molecular formula is C10H20O3. The summed E-state index contributed by atoms with van der Waals surface area (Å²) in [5.74, 6) is 0.123. The molecule has 3 heteroatoms. The molecule has 0 amide bonds. The van der Waals surface area contributed by atoms with E-state index in [1.54, 1.807) is 6.92 Å². The maximum atomic E-state index is 10.1. The maximum Gasteiger partial charge on any atom is 0.0879 e. The molecular weight excluding hydrogens is 168 g/mol. The van der Waals surface area contributed by atoms with Crippen molar-refractivity contribution in [3.05, 3.63) is 0 Å². The van der Waals surface area contributed by atoms with Crippen LogP contribution in [-0.2, 0) is 0 Å². The Morgan fingerprint density at radius 2 is 1.77 bits per heavy atom. The second kappa shape index (κ2) is 3.23. The van der Waals surface area contributed by atoms with Crippen molar-refractivity contribution in [3.8, 4) is 0 Å². The Kier molecular flexibility index (Phi) is 2.72. The third kappa shape index (κ3) is 2.03. The van der Waals surface area contributed by atoms with E-state index < -0.39 is 17.3 Å². The highest BCUT2D eigenvalue weighted by Crippen LogP contribution is 2.38. The van der Waals surface area contributed by atoms with E-state index in [2.05, 4.69) is 0 Å². The fourth-order valence-corrected chi connectivity index (χ4v) is 1.82. The molecule has 0 heterocycles. The Hall–Kier alpha value is -0.120. The van der Waals surface area contributed by atoms with E-state index in [1.807, 2.05) is 13.8 Å². The van der Waals surface area contributed by atoms with Crippen LogP contribution in [0.25, 0.3) is 0 Å². The normalized spacial score (nSPS) is 46.8. The van der Waals surface area contributed by atoms with Crippen molar-refractivity contribution in [2.24, 2.45) is 5.92 Å². The molecule has 3 N–H and O–H groups in total. The minimum absolute atomic E-state index is 0.123. The van der Waals surface area contributed by atoms with Crippen LogP contribution in [0.15, 0.2) is 0 Å². The summed E-state index contributed by atoms with van der Waals surface area (Å²) in [6, 6.07) is 0. The van der Waals surface area contributed by atoms with Crippen molar-refractivity contribution in [3.63, 3.8) is 0 Å². The molecule has 0 radical (unpaired) electrons. The quantitative estimate of drug-likeness (QED) is 0.567. The number of hydrogen-bond acceptors (Lipinski definition) is 3. The smallest absolute Gasteiger partial charge is 0.0879 e. The maximum absolute atomic E-state index is 10.1. The van der Waals surface area contributed by atoms with Crippen molar-refractivity contribution in [2.45, 2.75) is 57.3 Å². The van der Waals surface area contributed by atoms with E-state index in [4.69, 9.17) is 0 Å². The summed E-state index contributed by atoms with van der Waals surface area (Å²) in [5, 5.41) is 29.4. The third-order valence-electron chi connectivity index (χ3n) is 3.40. The van der Waals surface area contributed by atoms with Gasteiger partial charge in [0.2, 0.25) is 0 Å². The number of rotatable bonds is 1. The Labute approximate surface area is 79.4 Å². The zero-order chi connectivity index (χ0) is 10.3. The largest absolute Gasteiger partial charge is 0.390 e. The van der Waals surface area contributed by atoms with Crippen molar-refractivity contribution in [2.75, 3.05) is 0 Å². The summed E-state index contributed by atoms with van der Waals surface area (Å²) in [6.07, 6.45) is 0.489. The fraction of sp³-hybridized carbons (Fsp3) is 1.00. The summed E-state index contributed by atoms with van der Waals surface area (Å²) >= 11 is 0. The Morgan fingerprint density at radius 1 is 1.23 bits per heavy atom. The van der Waals surface area contributed by atoms with E-state index in [1.165, 1.54) is 0 Å². The van der Waals surface area contributed by atoms with E-state index in [9.17, 15) is 15.3 Å². The Balaban J connectivity index is 2.70. The van der Waals surface area contributed by atoms with Crippen LogP contribution in [0.4, 0.5) is 0 Å². The lowest BCUT2D eigenvalue weighted by Gasteiger charge is -2.44. The van der Waals surface area contributed by atoms with Gasteiger partial charge in [0.25, 0.3) is 0 Å². The van der Waals surface area contributed by atoms with Crippen LogP contribution in [0.1, 0.15) is 40.0 Å². The molecule has 78 valence electrons. The molecule has 0 aromatic heterocycles. The highest BCUT2D eigenvalue weighted by Gasteiger charge is 2.45. The number of hydrogen-bond donors (Lipinski definition) is 3. The van der Waals surface area contributed by atoms with Gasteiger partial charge in [-0.1, -0.05) is 13.8 Å². The highest BCUT2D eigenvalue weighted by atomic mass is 16.3. The predicted octanol–water partition coefficient (Wildman–Crippen LogP) is 0.669. The van der Waals surface area contributed by atoms with Crippen molar-refractivity contribution < 1.29 is 15.3 Å². The molecule has 3 atom stereocenters. The molecule has 3 nitrogen and oxygen atoms in total. The summed E-state index contributed by atoms with van der Waals surface area (Å²) < 4.78 is 0. The summed E-state index contributed by atoms with van der Waals surface area (Å²) in [5.41, 5.74) is -1.83. The van der Waals surface area contributed by atoms with Crippen LogP contribution < -0.4 is 0 Å². The average molecular weight is 188 g/mol. The van der Waals surface area contributed by atoms with E-state index in [-0.39, 0.29) is 12.3 Å². The first kappa shape index (κ1) is 11.0. The van der Waals surface area contributed by atoms with Gasteiger partial charge >= 0.3 is 0 Å². The third-order valence-corrected chi connectivity index (χ3v) is 3.40. The molecule has 0 bridgehead atoms. The van der Waals surface area contributed by atoms with Gasteiger partial charge in [0.15, 0.2) is 0 Å². The van der Waals surface area contributed by atoms with Gasteiger partial charge in [0.05, 0.1) is 17.3 Å². The van der Waals surface area contributed by atoms with Crippen molar-refractivity contribution in [1.82, 2.24) is 0 Å². The van der Waals surface area contributed by atoms with Crippen LogP contribution in [0.3, 0.4) is 0 Å². The first-order valence-electron chi connectivity index (χ1n) is 4.91. The van der Waals surface area contributed by atoms with Gasteiger partial charge in [-0.05, 0) is 25.7 Å². The van der Waals surface area contributed by atoms with Gasteiger partial charge < -0.3 is 15.3 Å². The molecule has 1 aliphatic carbocycles. The summed E-state index contributed by atoms with van der Waals surface area (Å²) in [6.45, 7) is 5.50. The number of aliphatic hydroxyl groups excluding tert-OH is 1. The van der Waals surface area contributed by atoms with Gasteiger partial charge in [-0.25, -0.2) is 0 Å². The standard InChI is InChI=1S/C10H20O3/c1-7(2)10(13)5-4-9(3,12)8(11)6-10/h7-8,11-13H,4-6H2,1-3H3. The first-order chi connectivity index (χ1) is 5.78.